The van der Waals surface area contributed by atoms with E-state index in [1.807, 2.05) is 30.3 Å². The lowest BCUT2D eigenvalue weighted by Crippen LogP contribution is -2.32. The number of hydrogen-bond donors (Lipinski definition) is 2. The normalized spacial score (nSPS) is 10.9. The van der Waals surface area contributed by atoms with Crippen molar-refractivity contribution in [2.75, 3.05) is 5.32 Å². The van der Waals surface area contributed by atoms with E-state index in [1.54, 1.807) is 29.1 Å². The second-order valence-corrected chi connectivity index (χ2v) is 7.84. The maximum atomic E-state index is 13.4. The summed E-state index contributed by atoms with van der Waals surface area (Å²) in [6.45, 7) is 0. The number of hydrazone groups is 1. The molecule has 0 fully saturated rings. The van der Waals surface area contributed by atoms with E-state index < -0.39 is 11.8 Å². The van der Waals surface area contributed by atoms with Gasteiger partial charge in [-0.3, -0.25) is 9.59 Å². The van der Waals surface area contributed by atoms with Crippen molar-refractivity contribution < 1.29 is 14.0 Å². The summed E-state index contributed by atoms with van der Waals surface area (Å²) in [5.41, 5.74) is 4.86. The van der Waals surface area contributed by atoms with E-state index in [1.165, 1.54) is 30.5 Å². The van der Waals surface area contributed by atoms with Crippen molar-refractivity contribution in [3.8, 4) is 16.9 Å². The first-order valence-corrected chi connectivity index (χ1v) is 10.7. The summed E-state index contributed by atoms with van der Waals surface area (Å²) in [7, 11) is 0. The smallest absolute Gasteiger partial charge is 0.316 e. The van der Waals surface area contributed by atoms with Gasteiger partial charge < -0.3 is 5.32 Å². The minimum atomic E-state index is -1.01. The SMILES string of the molecule is O=C(N/N=C/c1cn(-c2ccccc2)nc1-c1ccc(F)cc1)C(=O)Nc1cc(Cl)ccc1Cl. The zero-order chi connectivity index (χ0) is 24.1. The average Bonchev–Trinajstić information content (AvgIpc) is 3.26. The van der Waals surface area contributed by atoms with Crippen molar-refractivity contribution in [2.45, 2.75) is 0 Å². The molecule has 0 saturated carbocycles. The van der Waals surface area contributed by atoms with Crippen LogP contribution in [0.25, 0.3) is 16.9 Å². The highest BCUT2D eigenvalue weighted by Gasteiger charge is 2.16. The third-order valence-corrected chi connectivity index (χ3v) is 5.20. The lowest BCUT2D eigenvalue weighted by Gasteiger charge is -2.06. The van der Waals surface area contributed by atoms with Crippen molar-refractivity contribution >= 4 is 46.9 Å². The van der Waals surface area contributed by atoms with Gasteiger partial charge in [0.25, 0.3) is 0 Å². The lowest BCUT2D eigenvalue weighted by atomic mass is 10.1. The van der Waals surface area contributed by atoms with Crippen LogP contribution in [-0.2, 0) is 9.59 Å². The third-order valence-electron chi connectivity index (χ3n) is 4.63. The van der Waals surface area contributed by atoms with Gasteiger partial charge in [0.2, 0.25) is 0 Å². The molecule has 0 spiro atoms. The monoisotopic (exact) mass is 495 g/mol. The molecule has 1 heterocycles. The number of carbonyl (C=O) groups is 2. The largest absolute Gasteiger partial charge is 0.329 e. The van der Waals surface area contributed by atoms with Gasteiger partial charge in [-0.2, -0.15) is 10.2 Å². The first-order chi connectivity index (χ1) is 16.4. The van der Waals surface area contributed by atoms with Gasteiger partial charge in [-0.15, -0.1) is 0 Å². The molecule has 3 aromatic carbocycles. The van der Waals surface area contributed by atoms with Crippen molar-refractivity contribution in [1.82, 2.24) is 15.2 Å². The average molecular weight is 496 g/mol. The highest BCUT2D eigenvalue weighted by molar-refractivity contribution is 6.42. The van der Waals surface area contributed by atoms with Crippen molar-refractivity contribution in [3.63, 3.8) is 0 Å². The number of amides is 2. The fraction of sp³-hybridized carbons (Fsp3) is 0. The molecule has 34 heavy (non-hydrogen) atoms. The summed E-state index contributed by atoms with van der Waals surface area (Å²) >= 11 is 11.9. The zero-order valence-electron chi connectivity index (χ0n) is 17.4. The summed E-state index contributed by atoms with van der Waals surface area (Å²) in [5.74, 6) is -2.36. The highest BCUT2D eigenvalue weighted by Crippen LogP contribution is 2.25. The number of halogens is 3. The van der Waals surface area contributed by atoms with E-state index >= 15 is 0 Å². The van der Waals surface area contributed by atoms with E-state index in [9.17, 15) is 14.0 Å². The number of aromatic nitrogens is 2. The van der Waals surface area contributed by atoms with Crippen LogP contribution in [0.15, 0.2) is 84.1 Å². The number of nitrogens with one attached hydrogen (secondary N) is 2. The van der Waals surface area contributed by atoms with Crippen LogP contribution in [0.2, 0.25) is 10.0 Å². The minimum absolute atomic E-state index is 0.195. The number of nitrogens with zero attached hydrogens (tertiary/aromatic N) is 3. The molecule has 7 nitrogen and oxygen atoms in total. The van der Waals surface area contributed by atoms with Crippen LogP contribution < -0.4 is 10.7 Å². The maximum absolute atomic E-state index is 13.4. The fourth-order valence-electron chi connectivity index (χ4n) is 3.01. The molecule has 0 aliphatic heterocycles. The summed E-state index contributed by atoms with van der Waals surface area (Å²) in [4.78, 5) is 24.4. The molecule has 2 amide bonds. The van der Waals surface area contributed by atoms with Crippen molar-refractivity contribution in [3.05, 3.63) is 100 Å². The van der Waals surface area contributed by atoms with Crippen LogP contribution in [0.5, 0.6) is 0 Å². The van der Waals surface area contributed by atoms with Gasteiger partial charge in [0.1, 0.15) is 11.5 Å². The molecule has 0 bridgehead atoms. The summed E-state index contributed by atoms with van der Waals surface area (Å²) in [5, 5.41) is 11.4. The molecule has 0 aliphatic carbocycles. The molecule has 0 saturated heterocycles. The maximum Gasteiger partial charge on any atom is 0.329 e. The Balaban J connectivity index is 1.54. The van der Waals surface area contributed by atoms with Crippen LogP contribution in [-0.4, -0.2) is 27.8 Å². The number of para-hydroxylation sites is 1. The molecule has 0 atom stereocenters. The predicted octanol–water partition coefficient (Wildman–Crippen LogP) is 5.07. The predicted molar refractivity (Wildman–Crippen MR) is 130 cm³/mol. The Morgan fingerprint density at radius 3 is 2.44 bits per heavy atom. The van der Waals surface area contributed by atoms with Crippen molar-refractivity contribution in [1.29, 1.82) is 0 Å². The van der Waals surface area contributed by atoms with E-state index in [-0.39, 0.29) is 16.5 Å². The second-order valence-electron chi connectivity index (χ2n) is 7.00. The zero-order valence-corrected chi connectivity index (χ0v) is 18.9. The molecule has 10 heteroatoms. The number of benzene rings is 3. The first kappa shape index (κ1) is 23.2. The molecule has 1 aromatic heterocycles. The highest BCUT2D eigenvalue weighted by atomic mass is 35.5. The molecular formula is C24H16Cl2FN5O2. The van der Waals surface area contributed by atoms with Gasteiger partial charge in [-0.1, -0.05) is 41.4 Å². The number of anilines is 1. The quantitative estimate of drug-likeness (QED) is 0.230. The van der Waals surface area contributed by atoms with E-state index in [4.69, 9.17) is 23.2 Å². The van der Waals surface area contributed by atoms with Gasteiger partial charge in [-0.05, 0) is 54.6 Å². The Morgan fingerprint density at radius 1 is 0.971 bits per heavy atom. The fourth-order valence-corrected chi connectivity index (χ4v) is 3.35. The molecule has 4 rings (SSSR count). The third kappa shape index (κ3) is 5.48. The lowest BCUT2D eigenvalue weighted by molar-refractivity contribution is -0.136. The van der Waals surface area contributed by atoms with Gasteiger partial charge >= 0.3 is 11.8 Å². The molecule has 0 radical (unpaired) electrons. The number of hydrogen-bond acceptors (Lipinski definition) is 4. The van der Waals surface area contributed by atoms with Crippen LogP contribution in [0.3, 0.4) is 0 Å². The summed E-state index contributed by atoms with van der Waals surface area (Å²) < 4.78 is 15.0. The molecule has 2 N–H and O–H groups in total. The van der Waals surface area contributed by atoms with Crippen molar-refractivity contribution in [2.24, 2.45) is 5.10 Å². The van der Waals surface area contributed by atoms with Crippen LogP contribution in [0, 0.1) is 5.82 Å². The van der Waals surface area contributed by atoms with Gasteiger partial charge in [-0.25, -0.2) is 14.5 Å². The number of rotatable bonds is 5. The van der Waals surface area contributed by atoms with Crippen LogP contribution >= 0.6 is 23.2 Å². The Labute approximate surface area is 203 Å². The Bertz CT molecular complexity index is 1370. The minimum Gasteiger partial charge on any atom is -0.316 e. The van der Waals surface area contributed by atoms with Crippen LogP contribution in [0.4, 0.5) is 10.1 Å². The topological polar surface area (TPSA) is 88.4 Å². The molecule has 0 aliphatic rings. The summed E-state index contributed by atoms with van der Waals surface area (Å²) in [6.07, 6.45) is 3.05. The Kier molecular flexibility index (Phi) is 7.01. The van der Waals surface area contributed by atoms with Gasteiger partial charge in [0.05, 0.1) is 22.6 Å². The molecular weight excluding hydrogens is 480 g/mol. The second kappa shape index (κ2) is 10.3. The first-order valence-electron chi connectivity index (χ1n) is 9.91. The van der Waals surface area contributed by atoms with E-state index in [2.05, 4.69) is 20.9 Å². The summed E-state index contributed by atoms with van der Waals surface area (Å²) in [6, 6.07) is 19.7. The standard InChI is InChI=1S/C24H16Cl2FN5O2/c25-17-8-11-20(26)21(12-17)29-23(33)24(34)30-28-13-16-14-32(19-4-2-1-3-5-19)31-22(16)15-6-9-18(27)10-7-15/h1-14H,(H,29,33)(H,30,34)/b28-13+. The van der Waals surface area contributed by atoms with Crippen LogP contribution in [0.1, 0.15) is 5.56 Å². The van der Waals surface area contributed by atoms with E-state index in [0.717, 1.165) is 5.69 Å². The Morgan fingerprint density at radius 2 is 1.71 bits per heavy atom. The molecule has 170 valence electrons. The van der Waals surface area contributed by atoms with Gasteiger partial charge in [0, 0.05) is 22.3 Å². The van der Waals surface area contributed by atoms with Gasteiger partial charge in [0.15, 0.2) is 0 Å². The van der Waals surface area contributed by atoms with E-state index in [0.29, 0.717) is 21.8 Å². The molecule has 4 aromatic rings. The number of carbonyl (C=O) groups excluding carboxylic acids is 2. The Hall–Kier alpha value is -4.01. The molecule has 0 unspecified atom stereocenters.